The number of carbonyl (C=O) groups excluding carboxylic acids is 1. The highest BCUT2D eigenvalue weighted by atomic mass is 16.6. The number of ether oxygens (including phenoxy) is 1. The van der Waals surface area contributed by atoms with Crippen LogP contribution in [0.2, 0.25) is 0 Å². The van der Waals surface area contributed by atoms with Crippen LogP contribution in [0.5, 0.6) is 0 Å². The number of carbonyl (C=O) groups is 1. The highest BCUT2D eigenvalue weighted by Gasteiger charge is 2.33. The van der Waals surface area contributed by atoms with Crippen LogP contribution >= 0.6 is 0 Å². The van der Waals surface area contributed by atoms with E-state index in [1.165, 1.54) is 6.26 Å². The summed E-state index contributed by atoms with van der Waals surface area (Å²) in [7, 11) is 0. The number of allylic oxidation sites excluding steroid dienone is 1. The van der Waals surface area contributed by atoms with Gasteiger partial charge in [0.2, 0.25) is 11.6 Å². The molecule has 9 heteroatoms. The van der Waals surface area contributed by atoms with Gasteiger partial charge in [0.05, 0.1) is 17.8 Å². The molecule has 1 aromatic heterocycles. The number of nitrogen functional groups attached to an aromatic ring is 1. The third kappa shape index (κ3) is 3.38. The van der Waals surface area contributed by atoms with Crippen molar-refractivity contribution < 1.29 is 19.6 Å². The lowest BCUT2D eigenvalue weighted by atomic mass is 10.0. The third-order valence-corrected chi connectivity index (χ3v) is 3.92. The number of nitro groups is 1. The van der Waals surface area contributed by atoms with E-state index >= 15 is 0 Å². The van der Waals surface area contributed by atoms with E-state index in [0.29, 0.717) is 24.0 Å². The summed E-state index contributed by atoms with van der Waals surface area (Å²) in [5.41, 5.74) is 5.83. The number of nitrogens with two attached hydrogens (primary N) is 1. The first-order valence-electron chi connectivity index (χ1n) is 7.88. The van der Waals surface area contributed by atoms with Crippen molar-refractivity contribution in [1.29, 1.82) is 0 Å². The van der Waals surface area contributed by atoms with Crippen LogP contribution in [0.15, 0.2) is 36.6 Å². The van der Waals surface area contributed by atoms with Crippen molar-refractivity contribution in [3.8, 4) is 11.4 Å². The van der Waals surface area contributed by atoms with Gasteiger partial charge in [-0.15, -0.1) is 0 Å². The van der Waals surface area contributed by atoms with Gasteiger partial charge < -0.3 is 15.6 Å². The van der Waals surface area contributed by atoms with Crippen molar-refractivity contribution >= 4 is 17.3 Å². The predicted octanol–water partition coefficient (Wildman–Crippen LogP) is 2.00. The second-order valence-corrected chi connectivity index (χ2v) is 5.68. The van der Waals surface area contributed by atoms with Crippen LogP contribution in [0.3, 0.4) is 0 Å². The average Bonchev–Trinajstić information content (AvgIpc) is 2.67. The zero-order valence-electron chi connectivity index (χ0n) is 13.7. The summed E-state index contributed by atoms with van der Waals surface area (Å²) in [6.45, 7) is -0.190. The van der Waals surface area contributed by atoms with Crippen molar-refractivity contribution in [3.05, 3.63) is 58.0 Å². The molecule has 26 heavy (non-hydrogen) atoms. The van der Waals surface area contributed by atoms with Gasteiger partial charge in [-0.25, -0.2) is 9.97 Å². The smallest absolute Gasteiger partial charge is 0.340 e. The molecule has 1 aliphatic heterocycles. The Labute approximate surface area is 148 Å². The van der Waals surface area contributed by atoms with E-state index in [1.54, 1.807) is 30.3 Å². The summed E-state index contributed by atoms with van der Waals surface area (Å²) >= 11 is 0. The molecule has 0 bridgehead atoms. The minimum absolute atomic E-state index is 0.0677. The summed E-state index contributed by atoms with van der Waals surface area (Å²) in [5.74, 6) is -0.947. The Morgan fingerprint density at radius 3 is 2.88 bits per heavy atom. The van der Waals surface area contributed by atoms with E-state index in [1.807, 2.05) is 0 Å². The summed E-state index contributed by atoms with van der Waals surface area (Å²) in [6.07, 6.45) is 3.32. The van der Waals surface area contributed by atoms with Gasteiger partial charge in [0.1, 0.15) is 0 Å². The number of aliphatic hydroxyl groups is 1. The zero-order valence-corrected chi connectivity index (χ0v) is 13.7. The van der Waals surface area contributed by atoms with Gasteiger partial charge >= 0.3 is 5.69 Å². The van der Waals surface area contributed by atoms with Crippen molar-refractivity contribution in [3.63, 3.8) is 0 Å². The van der Waals surface area contributed by atoms with Gasteiger partial charge in [-0.2, -0.15) is 0 Å². The molecule has 9 nitrogen and oxygen atoms in total. The predicted molar refractivity (Wildman–Crippen MR) is 92.0 cm³/mol. The maximum absolute atomic E-state index is 12.7. The van der Waals surface area contributed by atoms with E-state index in [0.717, 1.165) is 0 Å². The first-order chi connectivity index (χ1) is 12.5. The van der Waals surface area contributed by atoms with Crippen LogP contribution in [0.1, 0.15) is 28.9 Å². The number of rotatable bonds is 5. The topological polar surface area (TPSA) is 141 Å². The molecule has 134 valence electrons. The summed E-state index contributed by atoms with van der Waals surface area (Å²) in [6, 6.07) is 6.66. The maximum atomic E-state index is 12.7. The second kappa shape index (κ2) is 7.28. The molecule has 0 aliphatic carbocycles. The minimum Gasteiger partial charge on any atom is -0.490 e. The number of ketones is 1. The molecule has 0 saturated carbocycles. The summed E-state index contributed by atoms with van der Waals surface area (Å²) < 4.78 is 5.26. The number of aliphatic hydroxyl groups excluding tert-OH is 1. The highest BCUT2D eigenvalue weighted by Crippen LogP contribution is 2.29. The normalized spacial score (nSPS) is 16.1. The number of hydrogen-bond acceptors (Lipinski definition) is 8. The van der Waals surface area contributed by atoms with E-state index in [9.17, 15) is 20.0 Å². The number of Topliss-reactive ketones (excluding diaryl/α,β-unsaturated/α-hetero) is 1. The van der Waals surface area contributed by atoms with E-state index in [2.05, 4.69) is 9.97 Å². The Balaban J connectivity index is 2.11. The molecule has 0 amide bonds. The van der Waals surface area contributed by atoms with Gasteiger partial charge in [0, 0.05) is 5.56 Å². The molecule has 0 spiro atoms. The quantitative estimate of drug-likeness (QED) is 0.470. The summed E-state index contributed by atoms with van der Waals surface area (Å²) in [5, 5.41) is 20.6. The van der Waals surface area contributed by atoms with E-state index < -0.39 is 28.3 Å². The number of nitrogens with zero attached hydrogens (tertiary/aromatic N) is 3. The molecule has 2 heterocycles. The SMILES string of the molecule is Nc1nc(-c2cccc(CO)c2)nc(C(=O)C2CCC=CO2)c1[N+](=O)[O-]. The van der Waals surface area contributed by atoms with Crippen molar-refractivity contribution in [2.75, 3.05) is 5.73 Å². The first kappa shape index (κ1) is 17.5. The van der Waals surface area contributed by atoms with E-state index in [4.69, 9.17) is 10.5 Å². The number of benzene rings is 1. The monoisotopic (exact) mass is 356 g/mol. The van der Waals surface area contributed by atoms with Crippen LogP contribution < -0.4 is 5.73 Å². The van der Waals surface area contributed by atoms with Crippen molar-refractivity contribution in [2.45, 2.75) is 25.6 Å². The minimum atomic E-state index is -0.857. The van der Waals surface area contributed by atoms with Crippen LogP contribution in [-0.2, 0) is 11.3 Å². The second-order valence-electron chi connectivity index (χ2n) is 5.68. The first-order valence-corrected chi connectivity index (χ1v) is 7.88. The summed E-state index contributed by atoms with van der Waals surface area (Å²) in [4.78, 5) is 31.4. The van der Waals surface area contributed by atoms with Crippen LogP contribution in [-0.4, -0.2) is 31.9 Å². The van der Waals surface area contributed by atoms with Crippen LogP contribution in [0, 0.1) is 10.1 Å². The van der Waals surface area contributed by atoms with Gasteiger partial charge in [0.15, 0.2) is 17.6 Å². The Morgan fingerprint density at radius 1 is 1.42 bits per heavy atom. The molecule has 3 rings (SSSR count). The molecular formula is C17H16N4O5. The maximum Gasteiger partial charge on any atom is 0.340 e. The zero-order chi connectivity index (χ0) is 18.7. The molecule has 2 aromatic rings. The fourth-order valence-corrected chi connectivity index (χ4v) is 2.64. The lowest BCUT2D eigenvalue weighted by Crippen LogP contribution is -2.26. The molecule has 1 aromatic carbocycles. The Morgan fingerprint density at radius 2 is 2.23 bits per heavy atom. The molecule has 0 saturated heterocycles. The standard InChI is InChI=1S/C17H16N4O5/c18-16-14(21(24)25)13(15(23)12-6-1-2-7-26-12)19-17(20-16)11-5-3-4-10(8-11)9-22/h2-5,7-8,12,22H,1,6,9H2,(H2,18,19,20). The van der Waals surface area contributed by atoms with Gasteiger partial charge in [-0.1, -0.05) is 18.2 Å². The van der Waals surface area contributed by atoms with Crippen LogP contribution in [0.4, 0.5) is 11.5 Å². The molecule has 3 N–H and O–H groups in total. The van der Waals surface area contributed by atoms with Gasteiger partial charge in [-0.05, 0) is 30.5 Å². The Kier molecular flexibility index (Phi) is 4.90. The Bertz CT molecular complexity index is 897. The van der Waals surface area contributed by atoms with Gasteiger partial charge in [-0.3, -0.25) is 14.9 Å². The molecule has 0 radical (unpaired) electrons. The van der Waals surface area contributed by atoms with Crippen molar-refractivity contribution in [2.24, 2.45) is 0 Å². The lowest BCUT2D eigenvalue weighted by Gasteiger charge is -2.18. The fourth-order valence-electron chi connectivity index (χ4n) is 2.64. The lowest BCUT2D eigenvalue weighted by molar-refractivity contribution is -0.384. The largest absolute Gasteiger partial charge is 0.490 e. The van der Waals surface area contributed by atoms with Gasteiger partial charge in [0.25, 0.3) is 0 Å². The number of hydrogen-bond donors (Lipinski definition) is 2. The highest BCUT2D eigenvalue weighted by molar-refractivity contribution is 6.03. The van der Waals surface area contributed by atoms with Crippen LogP contribution in [0.25, 0.3) is 11.4 Å². The molecule has 1 unspecified atom stereocenters. The molecule has 1 atom stereocenters. The number of anilines is 1. The van der Waals surface area contributed by atoms with E-state index in [-0.39, 0.29) is 18.1 Å². The van der Waals surface area contributed by atoms with Crippen molar-refractivity contribution in [1.82, 2.24) is 9.97 Å². The Hall–Kier alpha value is -3.33. The molecule has 1 aliphatic rings. The molecular weight excluding hydrogens is 340 g/mol. The third-order valence-electron chi connectivity index (χ3n) is 3.92. The molecule has 0 fully saturated rings. The fraction of sp³-hybridized carbons (Fsp3) is 0.235. The number of aromatic nitrogens is 2. The average molecular weight is 356 g/mol.